The number of hydrogen-bond acceptors (Lipinski definition) is 2. The molecule has 2 heteroatoms. The average Bonchev–Trinajstić information content (AvgIpc) is 2.29. The van der Waals surface area contributed by atoms with Crippen LogP contribution < -0.4 is 0 Å². The highest BCUT2D eigenvalue weighted by Gasteiger charge is 2.16. The van der Waals surface area contributed by atoms with Gasteiger partial charge in [0.1, 0.15) is 12.1 Å². The molecule has 0 bridgehead atoms. The van der Waals surface area contributed by atoms with Crippen LogP contribution in [0.5, 0.6) is 0 Å². The largest absolute Gasteiger partial charge is 0.184 e. The van der Waals surface area contributed by atoms with Gasteiger partial charge in [-0.1, -0.05) is 38.5 Å². The highest BCUT2D eigenvalue weighted by Crippen LogP contribution is 2.31. The molecule has 2 rings (SSSR count). The van der Waals surface area contributed by atoms with Crippen LogP contribution in [0.2, 0.25) is 0 Å². The van der Waals surface area contributed by atoms with Gasteiger partial charge in [0.2, 0.25) is 0 Å². The van der Waals surface area contributed by atoms with E-state index in [0.29, 0.717) is 0 Å². The summed E-state index contributed by atoms with van der Waals surface area (Å²) in [4.78, 5) is 0. The van der Waals surface area contributed by atoms with E-state index in [9.17, 15) is 0 Å². The third-order valence-electron chi connectivity index (χ3n) is 3.19. The van der Waals surface area contributed by atoms with Crippen molar-refractivity contribution < 1.29 is 0 Å². The van der Waals surface area contributed by atoms with Crippen molar-refractivity contribution >= 4 is 0 Å². The Balaban J connectivity index is 1.73. The monoisotopic (exact) mass is 192 g/mol. The SMILES string of the molecule is C1CC[C](/N=N/[C]2CCCCC2)CC1. The summed E-state index contributed by atoms with van der Waals surface area (Å²) < 4.78 is 0. The number of hydrogen-bond donors (Lipinski definition) is 0. The van der Waals surface area contributed by atoms with E-state index < -0.39 is 0 Å². The van der Waals surface area contributed by atoms with Gasteiger partial charge in [0.05, 0.1) is 0 Å². The second-order valence-electron chi connectivity index (χ2n) is 4.45. The lowest BCUT2D eigenvalue weighted by Crippen LogP contribution is -2.03. The third-order valence-corrected chi connectivity index (χ3v) is 3.19. The van der Waals surface area contributed by atoms with Gasteiger partial charge < -0.3 is 0 Å². The molecule has 0 spiro atoms. The molecular formula is C12H20N2. The second-order valence-corrected chi connectivity index (χ2v) is 4.45. The molecule has 0 amide bonds. The zero-order valence-corrected chi connectivity index (χ0v) is 8.97. The van der Waals surface area contributed by atoms with E-state index in [1.54, 1.807) is 0 Å². The summed E-state index contributed by atoms with van der Waals surface area (Å²) in [5.41, 5.74) is 0. The van der Waals surface area contributed by atoms with Crippen LogP contribution in [0.1, 0.15) is 64.2 Å². The van der Waals surface area contributed by atoms with Crippen molar-refractivity contribution in [3.05, 3.63) is 12.1 Å². The normalized spacial score (nSPS) is 27.1. The summed E-state index contributed by atoms with van der Waals surface area (Å²) in [5, 5.41) is 8.82. The minimum absolute atomic E-state index is 1.19. The van der Waals surface area contributed by atoms with E-state index in [0.717, 1.165) is 0 Å². The van der Waals surface area contributed by atoms with Crippen molar-refractivity contribution in [1.82, 2.24) is 0 Å². The summed E-state index contributed by atoms with van der Waals surface area (Å²) >= 11 is 0. The molecule has 2 nitrogen and oxygen atoms in total. The Labute approximate surface area is 87.2 Å². The lowest BCUT2D eigenvalue weighted by molar-refractivity contribution is 0.492. The van der Waals surface area contributed by atoms with Gasteiger partial charge in [-0.2, -0.15) is 10.2 Å². The molecule has 0 aromatic carbocycles. The number of nitrogens with zero attached hydrogens (tertiary/aromatic N) is 2. The maximum atomic E-state index is 4.41. The van der Waals surface area contributed by atoms with Crippen LogP contribution in [0.25, 0.3) is 0 Å². The molecule has 2 saturated carbocycles. The highest BCUT2D eigenvalue weighted by molar-refractivity contribution is 4.93. The van der Waals surface area contributed by atoms with Gasteiger partial charge in [-0.25, -0.2) is 0 Å². The van der Waals surface area contributed by atoms with Crippen molar-refractivity contribution in [3.63, 3.8) is 0 Å². The maximum Gasteiger partial charge on any atom is 0.108 e. The quantitative estimate of drug-likeness (QED) is 0.578. The van der Waals surface area contributed by atoms with Crippen molar-refractivity contribution in [1.29, 1.82) is 0 Å². The Morgan fingerprint density at radius 2 is 0.857 bits per heavy atom. The van der Waals surface area contributed by atoms with Gasteiger partial charge in [-0.05, 0) is 25.7 Å². The van der Waals surface area contributed by atoms with Gasteiger partial charge >= 0.3 is 0 Å². The smallest absolute Gasteiger partial charge is 0.108 e. The first-order valence-electron chi connectivity index (χ1n) is 6.06. The van der Waals surface area contributed by atoms with Crippen molar-refractivity contribution in [3.8, 4) is 0 Å². The molecule has 2 aliphatic carbocycles. The van der Waals surface area contributed by atoms with Gasteiger partial charge in [0, 0.05) is 0 Å². The molecule has 78 valence electrons. The van der Waals surface area contributed by atoms with E-state index in [1.165, 1.54) is 76.3 Å². The lowest BCUT2D eigenvalue weighted by Gasteiger charge is -2.18. The van der Waals surface area contributed by atoms with Crippen molar-refractivity contribution in [2.75, 3.05) is 0 Å². The summed E-state index contributed by atoms with van der Waals surface area (Å²) in [7, 11) is 0. The molecule has 2 fully saturated rings. The Morgan fingerprint density at radius 3 is 1.21 bits per heavy atom. The third kappa shape index (κ3) is 3.07. The average molecular weight is 192 g/mol. The maximum absolute atomic E-state index is 4.41. The van der Waals surface area contributed by atoms with Crippen LogP contribution in [0.15, 0.2) is 10.2 Å². The van der Waals surface area contributed by atoms with E-state index >= 15 is 0 Å². The molecule has 0 N–H and O–H groups in total. The summed E-state index contributed by atoms with van der Waals surface area (Å²) in [5.74, 6) is 0. The Hall–Kier alpha value is -0.400. The Bertz CT molecular complexity index is 157. The lowest BCUT2D eigenvalue weighted by atomic mass is 9.95. The van der Waals surface area contributed by atoms with Crippen LogP contribution in [0.4, 0.5) is 0 Å². The summed E-state index contributed by atoms with van der Waals surface area (Å²) in [6.45, 7) is 0. The highest BCUT2D eigenvalue weighted by atomic mass is 15.1. The predicted octanol–water partition coefficient (Wildman–Crippen LogP) is 4.43. The van der Waals surface area contributed by atoms with Gasteiger partial charge in [-0.15, -0.1) is 0 Å². The van der Waals surface area contributed by atoms with Crippen LogP contribution in [-0.2, 0) is 0 Å². The Morgan fingerprint density at radius 1 is 0.500 bits per heavy atom. The van der Waals surface area contributed by atoms with E-state index in [-0.39, 0.29) is 0 Å². The number of azo groups is 1. The molecule has 2 radical (unpaired) electrons. The van der Waals surface area contributed by atoms with Crippen LogP contribution >= 0.6 is 0 Å². The van der Waals surface area contributed by atoms with Gasteiger partial charge in [-0.3, -0.25) is 0 Å². The van der Waals surface area contributed by atoms with E-state index in [4.69, 9.17) is 0 Å². The fourth-order valence-electron chi connectivity index (χ4n) is 2.26. The van der Waals surface area contributed by atoms with Crippen molar-refractivity contribution in [2.45, 2.75) is 64.2 Å². The molecular weight excluding hydrogens is 172 g/mol. The molecule has 0 aliphatic heterocycles. The minimum Gasteiger partial charge on any atom is -0.184 e. The molecule has 0 heterocycles. The molecule has 0 saturated heterocycles. The summed E-state index contributed by atoms with van der Waals surface area (Å²) in [6.07, 6.45) is 12.8. The first-order chi connectivity index (χ1) is 6.95. The van der Waals surface area contributed by atoms with Crippen LogP contribution in [0.3, 0.4) is 0 Å². The van der Waals surface area contributed by atoms with Gasteiger partial charge in [0.15, 0.2) is 0 Å². The van der Waals surface area contributed by atoms with Crippen molar-refractivity contribution in [2.24, 2.45) is 10.2 Å². The van der Waals surface area contributed by atoms with Crippen LogP contribution in [-0.4, -0.2) is 0 Å². The fourth-order valence-corrected chi connectivity index (χ4v) is 2.26. The predicted molar refractivity (Wildman–Crippen MR) is 57.5 cm³/mol. The molecule has 0 aromatic rings. The minimum atomic E-state index is 1.19. The molecule has 0 atom stereocenters. The van der Waals surface area contributed by atoms with E-state index in [2.05, 4.69) is 10.2 Å². The standard InChI is InChI=1S/C12H20N2/c1-3-7-11(8-4-1)13-14-12-9-5-2-6-10-12/h1-10H2/b14-13+. The van der Waals surface area contributed by atoms with Gasteiger partial charge in [0.25, 0.3) is 0 Å². The molecule has 2 aliphatic rings. The van der Waals surface area contributed by atoms with Crippen LogP contribution in [0, 0.1) is 12.1 Å². The number of rotatable bonds is 2. The molecule has 0 unspecified atom stereocenters. The first kappa shape index (κ1) is 10.1. The second kappa shape index (κ2) is 5.47. The Kier molecular flexibility index (Phi) is 3.96. The first-order valence-corrected chi connectivity index (χ1v) is 6.06. The fraction of sp³-hybridized carbons (Fsp3) is 0.833. The zero-order chi connectivity index (χ0) is 9.64. The zero-order valence-electron chi connectivity index (χ0n) is 8.97. The molecule has 0 aromatic heterocycles. The summed E-state index contributed by atoms with van der Waals surface area (Å²) in [6, 6.07) is 2.68. The molecule has 14 heavy (non-hydrogen) atoms. The van der Waals surface area contributed by atoms with E-state index in [1.807, 2.05) is 0 Å². The topological polar surface area (TPSA) is 24.7 Å².